The number of carbonyl (C=O) groups excluding carboxylic acids is 2. The maximum atomic E-state index is 13.2. The second kappa shape index (κ2) is 12.7. The number of urea groups is 1. The van der Waals surface area contributed by atoms with Crippen molar-refractivity contribution in [2.45, 2.75) is 84.1 Å². The van der Waals surface area contributed by atoms with Gasteiger partial charge in [0.2, 0.25) is 5.91 Å². The molecule has 1 aliphatic rings. The fourth-order valence-electron chi connectivity index (χ4n) is 4.28. The van der Waals surface area contributed by atoms with E-state index in [1.807, 2.05) is 82.3 Å². The van der Waals surface area contributed by atoms with Gasteiger partial charge in [-0.25, -0.2) is 4.79 Å². The minimum Gasteiger partial charge on any atom is -0.497 e. The molecular formula is C29H42BN3O5. The first kappa shape index (κ1) is 29.5. The zero-order valence-corrected chi connectivity index (χ0v) is 23.7. The lowest BCUT2D eigenvalue weighted by molar-refractivity contribution is -0.123. The van der Waals surface area contributed by atoms with E-state index < -0.39 is 30.4 Å². The zero-order valence-electron chi connectivity index (χ0n) is 23.7. The number of nitrogens with one attached hydrogen (secondary N) is 3. The summed E-state index contributed by atoms with van der Waals surface area (Å²) >= 11 is 0. The van der Waals surface area contributed by atoms with Crippen molar-refractivity contribution in [1.82, 2.24) is 16.0 Å². The number of carbonyl (C=O) groups is 2. The first-order valence-electron chi connectivity index (χ1n) is 13.3. The molecule has 1 aliphatic heterocycles. The Balaban J connectivity index is 1.70. The van der Waals surface area contributed by atoms with Crippen LogP contribution in [0.5, 0.6) is 5.75 Å². The van der Waals surface area contributed by atoms with Crippen molar-refractivity contribution in [3.63, 3.8) is 0 Å². The lowest BCUT2D eigenvalue weighted by Crippen LogP contribution is -2.56. The highest BCUT2D eigenvalue weighted by molar-refractivity contribution is 6.48. The van der Waals surface area contributed by atoms with E-state index in [1.165, 1.54) is 0 Å². The number of rotatable bonds is 11. The number of benzene rings is 2. The van der Waals surface area contributed by atoms with Gasteiger partial charge in [-0.2, -0.15) is 0 Å². The third-order valence-corrected chi connectivity index (χ3v) is 7.17. The van der Waals surface area contributed by atoms with Crippen LogP contribution in [-0.2, 0) is 27.1 Å². The van der Waals surface area contributed by atoms with Crippen LogP contribution in [-0.4, -0.2) is 49.4 Å². The number of methoxy groups -OCH3 is 1. The normalized spacial score (nSPS) is 17.5. The lowest BCUT2D eigenvalue weighted by Gasteiger charge is -2.32. The second-order valence-corrected chi connectivity index (χ2v) is 11.3. The molecule has 1 saturated heterocycles. The molecule has 8 nitrogen and oxygen atoms in total. The molecule has 3 amide bonds. The van der Waals surface area contributed by atoms with E-state index in [-0.39, 0.29) is 11.8 Å². The maximum Gasteiger partial charge on any atom is 0.481 e. The van der Waals surface area contributed by atoms with Crippen molar-refractivity contribution in [2.75, 3.05) is 7.11 Å². The van der Waals surface area contributed by atoms with Crippen LogP contribution in [0.25, 0.3) is 0 Å². The third-order valence-electron chi connectivity index (χ3n) is 7.17. The Bertz CT molecular complexity index is 1040. The fourth-order valence-corrected chi connectivity index (χ4v) is 4.28. The van der Waals surface area contributed by atoms with E-state index >= 15 is 0 Å². The number of hydrogen-bond donors (Lipinski definition) is 3. The first-order valence-corrected chi connectivity index (χ1v) is 13.3. The molecule has 2 aromatic rings. The molecule has 3 N–H and O–H groups in total. The minimum atomic E-state index is -0.770. The Morgan fingerprint density at radius 3 is 2.05 bits per heavy atom. The quantitative estimate of drug-likeness (QED) is 0.383. The highest BCUT2D eigenvalue weighted by atomic mass is 16.7. The molecule has 0 spiro atoms. The lowest BCUT2D eigenvalue weighted by atomic mass is 9.74. The molecule has 0 saturated carbocycles. The maximum absolute atomic E-state index is 13.2. The van der Waals surface area contributed by atoms with Crippen LogP contribution in [0.3, 0.4) is 0 Å². The Labute approximate surface area is 227 Å². The van der Waals surface area contributed by atoms with Gasteiger partial charge in [-0.3, -0.25) is 4.79 Å². The van der Waals surface area contributed by atoms with Crippen LogP contribution < -0.4 is 20.7 Å². The molecule has 3 rings (SSSR count). The smallest absolute Gasteiger partial charge is 0.481 e. The summed E-state index contributed by atoms with van der Waals surface area (Å²) in [5, 5.41) is 8.88. The predicted octanol–water partition coefficient (Wildman–Crippen LogP) is 4.27. The van der Waals surface area contributed by atoms with Crippen LogP contribution in [0.2, 0.25) is 0 Å². The van der Waals surface area contributed by atoms with E-state index in [4.69, 9.17) is 14.0 Å². The standard InChI is InChI=1S/C29H42BN3O5/c1-20(2)17-25(30-37-28(3,4)29(5,6)38-30)33-27(35)32-24(18-21-11-9-8-10-12-21)26(34)31-19-22-13-15-23(36-7)16-14-22/h8-16,20,24-25H,17-19H2,1-7H3,(H,31,34)(H2,32,33,35)/t24-,25-/m0/s1. The van der Waals surface area contributed by atoms with Gasteiger partial charge in [0.25, 0.3) is 0 Å². The average molecular weight is 523 g/mol. The number of ether oxygens (including phenoxy) is 1. The van der Waals surface area contributed by atoms with Crippen LogP contribution >= 0.6 is 0 Å². The predicted molar refractivity (Wildman–Crippen MR) is 150 cm³/mol. The molecule has 206 valence electrons. The van der Waals surface area contributed by atoms with E-state index in [0.717, 1.165) is 16.9 Å². The van der Waals surface area contributed by atoms with Gasteiger partial charge in [0.1, 0.15) is 11.8 Å². The topological polar surface area (TPSA) is 97.9 Å². The van der Waals surface area contributed by atoms with E-state index in [0.29, 0.717) is 25.3 Å². The molecule has 0 aliphatic carbocycles. The van der Waals surface area contributed by atoms with Gasteiger partial charge in [0.05, 0.1) is 24.3 Å². The molecule has 2 aromatic carbocycles. The van der Waals surface area contributed by atoms with E-state index in [2.05, 4.69) is 29.8 Å². The van der Waals surface area contributed by atoms with Gasteiger partial charge in [-0.15, -0.1) is 0 Å². The van der Waals surface area contributed by atoms with Crippen molar-refractivity contribution in [3.05, 3.63) is 65.7 Å². The van der Waals surface area contributed by atoms with Gasteiger partial charge in [-0.1, -0.05) is 56.3 Å². The molecule has 9 heteroatoms. The summed E-state index contributed by atoms with van der Waals surface area (Å²) < 4.78 is 17.7. The summed E-state index contributed by atoms with van der Waals surface area (Å²) in [6, 6.07) is 15.9. The Morgan fingerprint density at radius 1 is 0.895 bits per heavy atom. The molecular weight excluding hydrogens is 481 g/mol. The first-order chi connectivity index (χ1) is 17.9. The van der Waals surface area contributed by atoms with Crippen molar-refractivity contribution >= 4 is 19.1 Å². The largest absolute Gasteiger partial charge is 0.497 e. The van der Waals surface area contributed by atoms with Crippen LogP contribution in [0, 0.1) is 5.92 Å². The highest BCUT2D eigenvalue weighted by Crippen LogP contribution is 2.38. The summed E-state index contributed by atoms with van der Waals surface area (Å²) in [6.45, 7) is 12.5. The molecule has 0 unspecified atom stereocenters. The molecule has 0 bridgehead atoms. The second-order valence-electron chi connectivity index (χ2n) is 11.3. The SMILES string of the molecule is COc1ccc(CNC(=O)[C@H](Cc2ccccc2)NC(=O)N[C@@H](CC(C)C)B2OC(C)(C)C(C)(C)O2)cc1. The van der Waals surface area contributed by atoms with Gasteiger partial charge >= 0.3 is 13.1 Å². The summed E-state index contributed by atoms with van der Waals surface area (Å²) in [6.07, 6.45) is 1.02. The van der Waals surface area contributed by atoms with Gasteiger partial charge in [0.15, 0.2) is 0 Å². The molecule has 0 aromatic heterocycles. The molecule has 2 atom stereocenters. The third kappa shape index (κ3) is 7.98. The van der Waals surface area contributed by atoms with Gasteiger partial charge in [-0.05, 0) is 63.3 Å². The van der Waals surface area contributed by atoms with E-state index in [9.17, 15) is 9.59 Å². The highest BCUT2D eigenvalue weighted by Gasteiger charge is 2.54. The van der Waals surface area contributed by atoms with Crippen molar-refractivity contribution in [2.24, 2.45) is 5.92 Å². The van der Waals surface area contributed by atoms with E-state index in [1.54, 1.807) is 7.11 Å². The summed E-state index contributed by atoms with van der Waals surface area (Å²) in [5.74, 6) is 0.400. The van der Waals surface area contributed by atoms with Crippen molar-refractivity contribution in [1.29, 1.82) is 0 Å². The zero-order chi connectivity index (χ0) is 27.9. The number of amides is 3. The Kier molecular flexibility index (Phi) is 9.85. The summed E-state index contributed by atoms with van der Waals surface area (Å²) in [5.41, 5.74) is 0.853. The Morgan fingerprint density at radius 2 is 1.50 bits per heavy atom. The molecule has 1 fully saturated rings. The Hall–Kier alpha value is -3.04. The van der Waals surface area contributed by atoms with Gasteiger partial charge < -0.3 is 30.0 Å². The van der Waals surface area contributed by atoms with Gasteiger partial charge in [0, 0.05) is 13.0 Å². The molecule has 38 heavy (non-hydrogen) atoms. The number of hydrogen-bond acceptors (Lipinski definition) is 5. The van der Waals surface area contributed by atoms with Crippen LogP contribution in [0.15, 0.2) is 54.6 Å². The van der Waals surface area contributed by atoms with Crippen molar-refractivity contribution in [3.8, 4) is 5.75 Å². The van der Waals surface area contributed by atoms with Crippen LogP contribution in [0.4, 0.5) is 4.79 Å². The fraction of sp³-hybridized carbons (Fsp3) is 0.517. The minimum absolute atomic E-state index is 0.268. The summed E-state index contributed by atoms with van der Waals surface area (Å²) in [4.78, 5) is 26.5. The monoisotopic (exact) mass is 523 g/mol. The van der Waals surface area contributed by atoms with Crippen molar-refractivity contribution < 1.29 is 23.6 Å². The molecule has 1 heterocycles. The molecule has 0 radical (unpaired) electrons. The average Bonchev–Trinajstić information content (AvgIpc) is 3.09. The van der Waals surface area contributed by atoms with Crippen LogP contribution in [0.1, 0.15) is 59.1 Å². The summed E-state index contributed by atoms with van der Waals surface area (Å²) in [7, 11) is 1.02.